The molecular formula is C58H98O6. The van der Waals surface area contributed by atoms with Crippen molar-refractivity contribution in [3.63, 3.8) is 0 Å². The maximum absolute atomic E-state index is 12.8. The summed E-state index contributed by atoms with van der Waals surface area (Å²) in [6, 6.07) is 0. The van der Waals surface area contributed by atoms with Gasteiger partial charge in [0.2, 0.25) is 0 Å². The van der Waals surface area contributed by atoms with E-state index in [0.29, 0.717) is 19.3 Å². The molecule has 0 aromatic heterocycles. The number of hydrogen-bond acceptors (Lipinski definition) is 6. The first-order valence-electron chi connectivity index (χ1n) is 26.6. The summed E-state index contributed by atoms with van der Waals surface area (Å²) in [6.07, 6.45) is 67.2. The molecule has 366 valence electrons. The molecule has 0 rings (SSSR count). The van der Waals surface area contributed by atoms with E-state index in [9.17, 15) is 14.4 Å². The summed E-state index contributed by atoms with van der Waals surface area (Å²) in [7, 11) is 0. The SMILES string of the molecule is CC/C=C/C=C/C=C/CCCCCCCCCC(=O)OC(COC(=O)CC/C=C/C/C=C/CCCCCCCC)COC(=O)CCCCCCC/C=C/C=C/CCCCCCCCC. The van der Waals surface area contributed by atoms with E-state index in [1.807, 2.05) is 6.08 Å². The van der Waals surface area contributed by atoms with Crippen molar-refractivity contribution in [2.75, 3.05) is 13.2 Å². The Bertz CT molecular complexity index is 1250. The van der Waals surface area contributed by atoms with Crippen LogP contribution in [0.2, 0.25) is 0 Å². The summed E-state index contributed by atoms with van der Waals surface area (Å²) in [6.45, 7) is 6.42. The molecule has 0 aliphatic carbocycles. The summed E-state index contributed by atoms with van der Waals surface area (Å²) >= 11 is 0. The summed E-state index contributed by atoms with van der Waals surface area (Å²) in [5.41, 5.74) is 0. The lowest BCUT2D eigenvalue weighted by Crippen LogP contribution is -2.30. The van der Waals surface area contributed by atoms with E-state index in [1.165, 1.54) is 109 Å². The third-order valence-electron chi connectivity index (χ3n) is 11.2. The van der Waals surface area contributed by atoms with E-state index in [-0.39, 0.29) is 37.5 Å². The van der Waals surface area contributed by atoms with Crippen LogP contribution in [0.1, 0.15) is 245 Å². The van der Waals surface area contributed by atoms with Gasteiger partial charge in [0.15, 0.2) is 6.10 Å². The highest BCUT2D eigenvalue weighted by atomic mass is 16.6. The van der Waals surface area contributed by atoms with Crippen LogP contribution in [0.3, 0.4) is 0 Å². The minimum absolute atomic E-state index is 0.107. The first-order valence-corrected chi connectivity index (χ1v) is 26.6. The molecule has 0 aromatic rings. The molecule has 64 heavy (non-hydrogen) atoms. The van der Waals surface area contributed by atoms with E-state index in [4.69, 9.17) is 14.2 Å². The van der Waals surface area contributed by atoms with Gasteiger partial charge in [0.1, 0.15) is 13.2 Å². The van der Waals surface area contributed by atoms with E-state index in [0.717, 1.165) is 89.9 Å². The Balaban J connectivity index is 4.47. The van der Waals surface area contributed by atoms with Crippen molar-refractivity contribution in [2.45, 2.75) is 252 Å². The van der Waals surface area contributed by atoms with Crippen LogP contribution in [-0.4, -0.2) is 37.2 Å². The summed E-state index contributed by atoms with van der Waals surface area (Å²) in [5.74, 6) is -1.00. The maximum atomic E-state index is 12.8. The zero-order chi connectivity index (χ0) is 46.5. The summed E-state index contributed by atoms with van der Waals surface area (Å²) in [4.78, 5) is 38.0. The van der Waals surface area contributed by atoms with Gasteiger partial charge in [-0.25, -0.2) is 0 Å². The molecule has 0 saturated heterocycles. The second kappa shape index (κ2) is 52.2. The van der Waals surface area contributed by atoms with Crippen molar-refractivity contribution in [3.8, 4) is 0 Å². The van der Waals surface area contributed by atoms with Gasteiger partial charge in [-0.15, -0.1) is 0 Å². The lowest BCUT2D eigenvalue weighted by molar-refractivity contribution is -0.166. The van der Waals surface area contributed by atoms with Crippen molar-refractivity contribution in [1.82, 2.24) is 0 Å². The Morgan fingerprint density at radius 2 is 0.703 bits per heavy atom. The molecular weight excluding hydrogens is 793 g/mol. The molecule has 6 nitrogen and oxygen atoms in total. The zero-order valence-electron chi connectivity index (χ0n) is 41.8. The highest BCUT2D eigenvalue weighted by molar-refractivity contribution is 5.71. The molecule has 0 spiro atoms. The van der Waals surface area contributed by atoms with Crippen molar-refractivity contribution >= 4 is 17.9 Å². The van der Waals surface area contributed by atoms with Gasteiger partial charge in [-0.2, -0.15) is 0 Å². The Labute approximate surface area is 395 Å². The first-order chi connectivity index (χ1) is 31.5. The van der Waals surface area contributed by atoms with Gasteiger partial charge in [0, 0.05) is 19.3 Å². The molecule has 0 amide bonds. The van der Waals surface area contributed by atoms with Gasteiger partial charge in [-0.05, 0) is 83.5 Å². The number of esters is 3. The second-order valence-electron chi connectivity index (χ2n) is 17.5. The highest BCUT2D eigenvalue weighted by Crippen LogP contribution is 2.14. The van der Waals surface area contributed by atoms with Crippen LogP contribution in [0.5, 0.6) is 0 Å². The van der Waals surface area contributed by atoms with E-state index in [2.05, 4.69) is 99.8 Å². The van der Waals surface area contributed by atoms with Crippen molar-refractivity contribution in [1.29, 1.82) is 0 Å². The molecule has 1 unspecified atom stereocenters. The molecule has 0 N–H and O–H groups in total. The molecule has 1 atom stereocenters. The predicted octanol–water partition coefficient (Wildman–Crippen LogP) is 17.6. The molecule has 0 bridgehead atoms. The van der Waals surface area contributed by atoms with Crippen LogP contribution in [-0.2, 0) is 28.6 Å². The van der Waals surface area contributed by atoms with Crippen LogP contribution in [0, 0.1) is 0 Å². The van der Waals surface area contributed by atoms with Gasteiger partial charge in [0.25, 0.3) is 0 Å². The molecule has 0 aromatic carbocycles. The lowest BCUT2D eigenvalue weighted by atomic mass is 10.1. The number of carbonyl (C=O) groups is 3. The van der Waals surface area contributed by atoms with E-state index in [1.54, 1.807) is 0 Å². The van der Waals surface area contributed by atoms with Gasteiger partial charge < -0.3 is 14.2 Å². The number of unbranched alkanes of at least 4 members (excludes halogenated alkanes) is 25. The number of ether oxygens (including phenoxy) is 3. The number of rotatable bonds is 47. The predicted molar refractivity (Wildman–Crippen MR) is 274 cm³/mol. The fraction of sp³-hybridized carbons (Fsp3) is 0.707. The van der Waals surface area contributed by atoms with Gasteiger partial charge >= 0.3 is 17.9 Å². The number of carbonyl (C=O) groups excluding carboxylic acids is 3. The van der Waals surface area contributed by atoms with Crippen molar-refractivity contribution in [3.05, 3.63) is 85.1 Å². The van der Waals surface area contributed by atoms with E-state index >= 15 is 0 Å². The molecule has 0 saturated carbocycles. The molecule has 0 aliphatic rings. The molecule has 0 radical (unpaired) electrons. The fourth-order valence-corrected chi connectivity index (χ4v) is 7.19. The average Bonchev–Trinajstić information content (AvgIpc) is 3.29. The molecule has 0 heterocycles. The second-order valence-corrected chi connectivity index (χ2v) is 17.5. The number of hydrogen-bond donors (Lipinski definition) is 0. The third kappa shape index (κ3) is 49.6. The minimum Gasteiger partial charge on any atom is -0.462 e. The van der Waals surface area contributed by atoms with Crippen molar-refractivity contribution in [2.24, 2.45) is 0 Å². The Morgan fingerprint density at radius 3 is 1.17 bits per heavy atom. The first kappa shape index (κ1) is 60.6. The summed E-state index contributed by atoms with van der Waals surface area (Å²) in [5, 5.41) is 0. The Morgan fingerprint density at radius 1 is 0.344 bits per heavy atom. The van der Waals surface area contributed by atoms with Crippen LogP contribution in [0.25, 0.3) is 0 Å². The maximum Gasteiger partial charge on any atom is 0.306 e. The number of allylic oxidation sites excluding steroid dienone is 14. The molecule has 0 aliphatic heterocycles. The minimum atomic E-state index is -0.812. The monoisotopic (exact) mass is 891 g/mol. The Kier molecular flexibility index (Phi) is 49.4. The normalized spacial score (nSPS) is 12.7. The van der Waals surface area contributed by atoms with E-state index < -0.39 is 6.10 Å². The average molecular weight is 891 g/mol. The largest absolute Gasteiger partial charge is 0.462 e. The van der Waals surface area contributed by atoms with Crippen LogP contribution >= 0.6 is 0 Å². The standard InChI is InChI=1S/C58H98O6/c1-4-7-10-13-16-19-22-25-27-28-29-31-33-36-39-42-45-48-51-57(60)63-54-55(53-62-56(59)50-47-44-41-38-35-32-24-21-18-15-12-9-6-3)64-58(61)52-49-46-43-40-37-34-30-26-23-20-17-14-11-8-5-2/h8,11,14,17,20,23,27-29,31-32,35,41,44,55H,4-7,9-10,12-13,15-16,18-19,21-22,24-26,30,33-34,36-40,42-43,45-54H2,1-3H3/b11-8+,17-14+,23-20+,28-27+,31-29+,35-32+,44-41+. The fourth-order valence-electron chi connectivity index (χ4n) is 7.19. The Hall–Kier alpha value is -3.41. The topological polar surface area (TPSA) is 78.9 Å². The van der Waals surface area contributed by atoms with Gasteiger partial charge in [0.05, 0.1) is 0 Å². The quantitative estimate of drug-likeness (QED) is 0.0199. The van der Waals surface area contributed by atoms with Crippen LogP contribution < -0.4 is 0 Å². The molecule has 0 fully saturated rings. The van der Waals surface area contributed by atoms with Gasteiger partial charge in [-0.3, -0.25) is 14.4 Å². The third-order valence-corrected chi connectivity index (χ3v) is 11.2. The van der Waals surface area contributed by atoms with Crippen LogP contribution in [0.4, 0.5) is 0 Å². The molecule has 6 heteroatoms. The lowest BCUT2D eigenvalue weighted by Gasteiger charge is -2.18. The summed E-state index contributed by atoms with van der Waals surface area (Å²) < 4.78 is 16.7. The highest BCUT2D eigenvalue weighted by Gasteiger charge is 2.19. The smallest absolute Gasteiger partial charge is 0.306 e. The van der Waals surface area contributed by atoms with Gasteiger partial charge in [-0.1, -0.05) is 228 Å². The van der Waals surface area contributed by atoms with Crippen molar-refractivity contribution < 1.29 is 28.6 Å². The van der Waals surface area contributed by atoms with Crippen LogP contribution in [0.15, 0.2) is 85.1 Å². The zero-order valence-corrected chi connectivity index (χ0v) is 41.8.